The molecule has 10 aromatic rings. The lowest BCUT2D eigenvalue weighted by Crippen LogP contribution is -2.37. The molecule has 13 rings (SSSR count). The third kappa shape index (κ3) is 10.3. The summed E-state index contributed by atoms with van der Waals surface area (Å²) in [5, 5.41) is 2.95. The highest BCUT2D eigenvalue weighted by Crippen LogP contribution is 2.54. The van der Waals surface area contributed by atoms with Crippen molar-refractivity contribution in [2.45, 2.75) is 125 Å². The zero-order valence-corrected chi connectivity index (χ0v) is 56.2. The summed E-state index contributed by atoms with van der Waals surface area (Å²) < 4.78 is 0. The average Bonchev–Trinajstić information content (AvgIpc) is 1.65. The summed E-state index contributed by atoms with van der Waals surface area (Å²) in [5.41, 5.74) is 32.8. The topological polar surface area (TPSA) is 6.48 Å². The molecule has 0 bridgehead atoms. The second kappa shape index (κ2) is 21.0. The predicted molar refractivity (Wildman–Crippen MR) is 384 cm³/mol. The molecule has 2 nitrogen and oxygen atoms in total. The third-order valence-electron chi connectivity index (χ3n) is 19.5. The van der Waals surface area contributed by atoms with E-state index in [1.807, 2.05) is 0 Å². The van der Waals surface area contributed by atoms with Crippen molar-refractivity contribution in [2.24, 2.45) is 0 Å². The van der Waals surface area contributed by atoms with Crippen LogP contribution in [-0.2, 0) is 16.2 Å². The smallest absolute Gasteiger partial charge is 0.0775 e. The lowest BCUT2D eigenvalue weighted by atomic mass is 9.81. The Hall–Kier alpha value is -8.29. The number of fused-ring (bicyclic) bond motifs is 9. The number of benzene rings is 10. The maximum Gasteiger partial charge on any atom is 0.0775 e. The van der Waals surface area contributed by atoms with Crippen LogP contribution in [0.1, 0.15) is 119 Å². The van der Waals surface area contributed by atoms with Gasteiger partial charge in [-0.2, -0.15) is 0 Å². The Labute approximate surface area is 521 Å². The van der Waals surface area contributed by atoms with Crippen LogP contribution < -0.4 is 20.2 Å². The molecular formula is C83H84N2Si2. The van der Waals surface area contributed by atoms with Gasteiger partial charge in [-0.3, -0.25) is 0 Å². The molecule has 4 heteroatoms. The molecule has 0 unspecified atom stereocenters. The summed E-state index contributed by atoms with van der Waals surface area (Å²) in [6.45, 7) is 37.7. The van der Waals surface area contributed by atoms with E-state index in [-0.39, 0.29) is 16.2 Å². The highest BCUT2D eigenvalue weighted by atomic mass is 28.3. The zero-order chi connectivity index (χ0) is 61.3. The van der Waals surface area contributed by atoms with Gasteiger partial charge in [0.2, 0.25) is 0 Å². The van der Waals surface area contributed by atoms with Crippen LogP contribution in [0, 0.1) is 27.7 Å². The number of hydrogen-bond donors (Lipinski definition) is 0. The Morgan fingerprint density at radius 2 is 0.483 bits per heavy atom. The fraction of sp³-hybridized carbons (Fsp3) is 0.229. The molecule has 3 aliphatic carbocycles. The van der Waals surface area contributed by atoms with Crippen molar-refractivity contribution in [1.29, 1.82) is 0 Å². The molecule has 0 aromatic heterocycles. The molecule has 0 saturated carbocycles. The molecule has 0 amide bonds. The largest absolute Gasteiger partial charge is 0.310 e. The van der Waals surface area contributed by atoms with Crippen molar-refractivity contribution >= 4 is 84.9 Å². The first-order chi connectivity index (χ1) is 41.2. The van der Waals surface area contributed by atoms with Gasteiger partial charge in [-0.25, -0.2) is 0 Å². The van der Waals surface area contributed by atoms with Gasteiger partial charge in [0.25, 0.3) is 0 Å². The molecular weight excluding hydrogens is 1080 g/mol. The van der Waals surface area contributed by atoms with Crippen molar-refractivity contribution in [3.63, 3.8) is 0 Å². The first-order valence-electron chi connectivity index (χ1n) is 31.4. The molecule has 87 heavy (non-hydrogen) atoms. The first-order valence-corrected chi connectivity index (χ1v) is 38.4. The van der Waals surface area contributed by atoms with Crippen molar-refractivity contribution < 1.29 is 0 Å². The van der Waals surface area contributed by atoms with Crippen molar-refractivity contribution in [1.82, 2.24) is 0 Å². The van der Waals surface area contributed by atoms with Gasteiger partial charge in [-0.1, -0.05) is 237 Å². The van der Waals surface area contributed by atoms with E-state index in [0.29, 0.717) is 0 Å². The van der Waals surface area contributed by atoms with Crippen LogP contribution in [0.3, 0.4) is 0 Å². The normalized spacial score (nSPS) is 14.9. The second-order valence-electron chi connectivity index (χ2n) is 29.2. The number of rotatable bonds is 12. The van der Waals surface area contributed by atoms with Crippen LogP contribution in [0.15, 0.2) is 194 Å². The highest BCUT2D eigenvalue weighted by molar-refractivity contribution is 6.89. The van der Waals surface area contributed by atoms with E-state index in [0.717, 1.165) is 0 Å². The summed E-state index contributed by atoms with van der Waals surface area (Å²) >= 11 is 0. The van der Waals surface area contributed by atoms with Crippen LogP contribution in [-0.4, -0.2) is 16.1 Å². The Morgan fingerprint density at radius 1 is 0.253 bits per heavy atom. The molecule has 3 aliphatic rings. The van der Waals surface area contributed by atoms with Crippen LogP contribution in [0.2, 0.25) is 39.3 Å². The maximum absolute atomic E-state index is 2.46. The SMILES string of the molecule is Cc1cc(C)cc(N(c2ccc([Si](C)(C)C)cc2)c2ccc3c(c2)C(C)(C)c2cc(/C=C/c4ccc5c(c4)C(C)(C)c4cc(/C=C/c6ccc7c(c6)C(C)(C)c6cc(N(c8ccc([Si](C)(C)C)cc8)c8cc(C)cc(C)c8)ccc6-7)ccc4-5)ccc2-3)c1. The van der Waals surface area contributed by atoms with E-state index in [2.05, 4.69) is 337 Å². The Balaban J connectivity index is 0.730. The molecule has 10 aromatic carbocycles. The lowest BCUT2D eigenvalue weighted by molar-refractivity contribution is 0.660. The lowest BCUT2D eigenvalue weighted by Gasteiger charge is -2.29. The van der Waals surface area contributed by atoms with Crippen LogP contribution in [0.5, 0.6) is 0 Å². The Bertz CT molecular complexity index is 4150. The van der Waals surface area contributed by atoms with Crippen molar-refractivity contribution in [3.05, 3.63) is 272 Å². The monoisotopic (exact) mass is 1160 g/mol. The van der Waals surface area contributed by atoms with E-state index in [9.17, 15) is 0 Å². The second-order valence-corrected chi connectivity index (χ2v) is 39.3. The van der Waals surface area contributed by atoms with Crippen molar-refractivity contribution in [2.75, 3.05) is 9.80 Å². The van der Waals surface area contributed by atoms with Gasteiger partial charge in [0, 0.05) is 50.4 Å². The molecule has 434 valence electrons. The van der Waals surface area contributed by atoms with Crippen LogP contribution in [0.4, 0.5) is 34.1 Å². The van der Waals surface area contributed by atoms with Crippen molar-refractivity contribution in [3.8, 4) is 33.4 Å². The van der Waals surface area contributed by atoms with Gasteiger partial charge in [-0.05, 0) is 212 Å². The molecule has 0 spiro atoms. The molecule has 0 aliphatic heterocycles. The average molecular weight is 1170 g/mol. The maximum atomic E-state index is 2.46. The Morgan fingerprint density at radius 3 is 0.736 bits per heavy atom. The fourth-order valence-electron chi connectivity index (χ4n) is 14.6. The fourth-order valence-corrected chi connectivity index (χ4v) is 16.9. The summed E-state index contributed by atoms with van der Waals surface area (Å²) in [6, 6.07) is 75.1. The van der Waals surface area contributed by atoms with Gasteiger partial charge in [-0.15, -0.1) is 0 Å². The van der Waals surface area contributed by atoms with Gasteiger partial charge < -0.3 is 9.80 Å². The van der Waals surface area contributed by atoms with E-state index in [1.165, 1.54) is 156 Å². The number of aryl methyl sites for hydroxylation is 4. The van der Waals surface area contributed by atoms with Gasteiger partial charge in [0.15, 0.2) is 0 Å². The van der Waals surface area contributed by atoms with Crippen LogP contribution >= 0.6 is 0 Å². The standard InChI is InChI=1S/C83H84N2Si2/c1-53-41-54(2)44-65(43-53)84(61-25-31-67(32-26-61)86(11,12)13)63-29-39-73-71-37-23-59(49-77(71)82(7,8)79(73)51-63)19-17-57-21-35-69-70-36-22-58(48-76(70)81(5,6)75(69)47-57)18-20-60-24-38-72-74-40-30-64(52-80(74)83(9,10)78(72)50-60)85(66-45-55(3)42-56(4)46-66)62-27-33-68(34-28-62)87(14,15)16/h17-52H,1-16H3/b19-17+,20-18+. The van der Waals surface area contributed by atoms with E-state index in [4.69, 9.17) is 0 Å². The summed E-state index contributed by atoms with van der Waals surface area (Å²) in [6.07, 6.45) is 9.23. The highest BCUT2D eigenvalue weighted by Gasteiger charge is 2.39. The van der Waals surface area contributed by atoms with E-state index in [1.54, 1.807) is 0 Å². The summed E-state index contributed by atoms with van der Waals surface area (Å²) in [4.78, 5) is 4.90. The quantitative estimate of drug-likeness (QED) is 0.0889. The number of nitrogens with zero attached hydrogens (tertiary/aromatic N) is 2. The number of hydrogen-bond acceptors (Lipinski definition) is 2. The molecule has 0 heterocycles. The van der Waals surface area contributed by atoms with Gasteiger partial charge >= 0.3 is 0 Å². The summed E-state index contributed by atoms with van der Waals surface area (Å²) in [7, 11) is -2.91. The van der Waals surface area contributed by atoms with Gasteiger partial charge in [0.05, 0.1) is 16.1 Å². The first kappa shape index (κ1) is 57.8. The minimum atomic E-state index is -1.46. The molecule has 0 radical (unpaired) electrons. The molecule has 0 N–H and O–H groups in total. The zero-order valence-electron chi connectivity index (χ0n) is 54.2. The molecule has 0 saturated heterocycles. The third-order valence-corrected chi connectivity index (χ3v) is 23.6. The Kier molecular flexibility index (Phi) is 13.9. The molecule has 0 fully saturated rings. The van der Waals surface area contributed by atoms with Crippen LogP contribution in [0.25, 0.3) is 57.7 Å². The number of anilines is 6. The van der Waals surface area contributed by atoms with E-state index < -0.39 is 16.1 Å². The van der Waals surface area contributed by atoms with E-state index >= 15 is 0 Å². The van der Waals surface area contributed by atoms with Gasteiger partial charge in [0.1, 0.15) is 0 Å². The summed E-state index contributed by atoms with van der Waals surface area (Å²) in [5.74, 6) is 0. The minimum absolute atomic E-state index is 0.154. The predicted octanol–water partition coefficient (Wildman–Crippen LogP) is 22.2. The minimum Gasteiger partial charge on any atom is -0.310 e. The molecule has 0 atom stereocenters.